The van der Waals surface area contributed by atoms with Gasteiger partial charge in [0.15, 0.2) is 4.77 Å². The molecule has 1 atom stereocenters. The largest absolute Gasteiger partial charge is 0.303 e. The molecule has 23 heavy (non-hydrogen) atoms. The Labute approximate surface area is 144 Å². The van der Waals surface area contributed by atoms with Crippen molar-refractivity contribution in [3.8, 4) is 0 Å². The van der Waals surface area contributed by atoms with Gasteiger partial charge in [-0.2, -0.15) is 5.10 Å². The summed E-state index contributed by atoms with van der Waals surface area (Å²) in [6.45, 7) is 2.86. The van der Waals surface area contributed by atoms with Crippen molar-refractivity contribution < 1.29 is 0 Å². The van der Waals surface area contributed by atoms with Crippen LogP contribution in [0.1, 0.15) is 36.9 Å². The summed E-state index contributed by atoms with van der Waals surface area (Å²) in [5, 5.41) is 5.58. The lowest BCUT2D eigenvalue weighted by Crippen LogP contribution is -2.26. The zero-order valence-electron chi connectivity index (χ0n) is 13.2. The molecule has 0 unspecified atom stereocenters. The van der Waals surface area contributed by atoms with E-state index in [-0.39, 0.29) is 6.04 Å². The predicted molar refractivity (Wildman–Crippen MR) is 95.1 cm³/mol. The van der Waals surface area contributed by atoms with Crippen LogP contribution in [0.4, 0.5) is 0 Å². The molecule has 0 bridgehead atoms. The fraction of sp³-hybridized carbons (Fsp3) is 0.438. The summed E-state index contributed by atoms with van der Waals surface area (Å²) in [6.07, 6.45) is 4.31. The molecular weight excluding hydrogens is 326 g/mol. The van der Waals surface area contributed by atoms with Crippen molar-refractivity contribution in [3.05, 3.63) is 40.4 Å². The van der Waals surface area contributed by atoms with E-state index in [1.807, 2.05) is 17.1 Å². The Balaban J connectivity index is 1.53. The Hall–Kier alpha value is -1.57. The summed E-state index contributed by atoms with van der Waals surface area (Å²) in [7, 11) is 2.09. The van der Waals surface area contributed by atoms with Crippen molar-refractivity contribution in [2.45, 2.75) is 38.5 Å². The molecule has 0 saturated heterocycles. The minimum atomic E-state index is 0.223. The third kappa shape index (κ3) is 2.84. The second-order valence-corrected chi connectivity index (χ2v) is 7.57. The van der Waals surface area contributed by atoms with Crippen LogP contribution >= 0.6 is 23.6 Å². The van der Waals surface area contributed by atoms with Crippen LogP contribution in [-0.4, -0.2) is 31.3 Å². The molecule has 1 aromatic carbocycles. The third-order valence-corrected chi connectivity index (χ3v) is 6.01. The molecule has 4 rings (SSSR count). The molecule has 7 heteroatoms. The molecule has 1 aliphatic rings. The summed E-state index contributed by atoms with van der Waals surface area (Å²) < 4.78 is 6.07. The van der Waals surface area contributed by atoms with E-state index in [9.17, 15) is 0 Å². The maximum Gasteiger partial charge on any atom is 0.199 e. The SMILES string of the molecule is C[C@H](c1nc2ccccc2s1)N(C)Cn1ncn(C2CC2)c1=S. The average molecular weight is 345 g/mol. The van der Waals surface area contributed by atoms with Gasteiger partial charge in [0.2, 0.25) is 0 Å². The zero-order valence-corrected chi connectivity index (χ0v) is 14.8. The number of benzene rings is 1. The molecule has 0 N–H and O–H groups in total. The lowest BCUT2D eigenvalue weighted by Gasteiger charge is -2.22. The van der Waals surface area contributed by atoms with Crippen molar-refractivity contribution in [3.63, 3.8) is 0 Å². The van der Waals surface area contributed by atoms with Gasteiger partial charge in [-0.25, -0.2) is 9.67 Å². The highest BCUT2D eigenvalue weighted by molar-refractivity contribution is 7.71. The van der Waals surface area contributed by atoms with Gasteiger partial charge >= 0.3 is 0 Å². The van der Waals surface area contributed by atoms with Crippen molar-refractivity contribution in [2.24, 2.45) is 0 Å². The maximum atomic E-state index is 5.54. The molecule has 0 spiro atoms. The van der Waals surface area contributed by atoms with E-state index < -0.39 is 0 Å². The summed E-state index contributed by atoms with van der Waals surface area (Å²) in [4.78, 5) is 6.99. The number of hydrogen-bond donors (Lipinski definition) is 0. The molecule has 2 aromatic heterocycles. The van der Waals surface area contributed by atoms with Gasteiger partial charge in [0.05, 0.1) is 22.9 Å². The zero-order chi connectivity index (χ0) is 16.0. The lowest BCUT2D eigenvalue weighted by molar-refractivity contribution is 0.194. The number of fused-ring (bicyclic) bond motifs is 1. The number of nitrogens with zero attached hydrogens (tertiary/aromatic N) is 5. The van der Waals surface area contributed by atoms with Crippen LogP contribution in [0.25, 0.3) is 10.2 Å². The normalized spacial score (nSPS) is 16.3. The number of para-hydroxylation sites is 1. The van der Waals surface area contributed by atoms with E-state index in [0.717, 1.165) is 15.3 Å². The standard InChI is InChI=1S/C16H19N5S2/c1-11(15-18-13-5-3-4-6-14(13)23-15)19(2)10-21-16(22)20(9-17-21)12-7-8-12/h3-6,9,11-12H,7-8,10H2,1-2H3/t11-/m1/s1. The first-order valence-corrected chi connectivity index (χ1v) is 9.05. The fourth-order valence-electron chi connectivity index (χ4n) is 2.64. The summed E-state index contributed by atoms with van der Waals surface area (Å²) in [5.41, 5.74) is 1.07. The number of hydrogen-bond acceptors (Lipinski definition) is 5. The highest BCUT2D eigenvalue weighted by Crippen LogP contribution is 2.35. The Morgan fingerprint density at radius 2 is 2.17 bits per heavy atom. The minimum absolute atomic E-state index is 0.223. The second kappa shape index (κ2) is 5.81. The average Bonchev–Trinajstić information content (AvgIpc) is 3.20. The summed E-state index contributed by atoms with van der Waals surface area (Å²) in [5.74, 6) is 0. The van der Waals surface area contributed by atoms with Crippen molar-refractivity contribution in [1.82, 2.24) is 24.2 Å². The van der Waals surface area contributed by atoms with Gasteiger partial charge in [-0.15, -0.1) is 11.3 Å². The van der Waals surface area contributed by atoms with Crippen molar-refractivity contribution >= 4 is 33.8 Å². The molecule has 1 aliphatic carbocycles. The van der Waals surface area contributed by atoms with Gasteiger partial charge in [0.25, 0.3) is 0 Å². The third-order valence-electron chi connectivity index (χ3n) is 4.38. The van der Waals surface area contributed by atoms with Crippen LogP contribution in [0, 0.1) is 4.77 Å². The number of thiazole rings is 1. The van der Waals surface area contributed by atoms with E-state index >= 15 is 0 Å². The Morgan fingerprint density at radius 3 is 2.91 bits per heavy atom. The maximum absolute atomic E-state index is 5.54. The smallest absolute Gasteiger partial charge is 0.199 e. The molecule has 0 amide bonds. The minimum Gasteiger partial charge on any atom is -0.303 e. The van der Waals surface area contributed by atoms with Gasteiger partial charge in [-0.1, -0.05) is 12.1 Å². The molecule has 5 nitrogen and oxygen atoms in total. The Kier molecular flexibility index (Phi) is 3.79. The second-order valence-electron chi connectivity index (χ2n) is 6.15. The van der Waals surface area contributed by atoms with E-state index in [1.165, 1.54) is 17.5 Å². The highest BCUT2D eigenvalue weighted by Gasteiger charge is 2.25. The van der Waals surface area contributed by atoms with Gasteiger partial charge in [-0.05, 0) is 51.2 Å². The van der Waals surface area contributed by atoms with Crippen LogP contribution < -0.4 is 0 Å². The van der Waals surface area contributed by atoms with E-state index in [4.69, 9.17) is 17.2 Å². The first-order valence-electron chi connectivity index (χ1n) is 7.83. The number of rotatable bonds is 5. The Bertz CT molecular complexity index is 856. The molecular formula is C16H19N5S2. The topological polar surface area (TPSA) is 38.9 Å². The molecule has 1 saturated carbocycles. The van der Waals surface area contributed by atoms with Crippen molar-refractivity contribution in [2.75, 3.05) is 7.05 Å². The quantitative estimate of drug-likeness (QED) is 0.655. The molecule has 2 heterocycles. The highest BCUT2D eigenvalue weighted by atomic mass is 32.1. The molecule has 0 radical (unpaired) electrons. The first-order chi connectivity index (χ1) is 11.1. The molecule has 120 valence electrons. The first kappa shape index (κ1) is 15.0. The molecule has 1 fully saturated rings. The van der Waals surface area contributed by atoms with E-state index in [2.05, 4.69) is 46.7 Å². The van der Waals surface area contributed by atoms with E-state index in [1.54, 1.807) is 11.3 Å². The van der Waals surface area contributed by atoms with Gasteiger partial charge in [0.1, 0.15) is 11.3 Å². The van der Waals surface area contributed by atoms with E-state index in [0.29, 0.717) is 12.7 Å². The van der Waals surface area contributed by atoms with Crippen LogP contribution in [0.15, 0.2) is 30.6 Å². The van der Waals surface area contributed by atoms with Crippen LogP contribution in [0.2, 0.25) is 0 Å². The van der Waals surface area contributed by atoms with Gasteiger partial charge < -0.3 is 4.57 Å². The fourth-order valence-corrected chi connectivity index (χ4v) is 4.03. The van der Waals surface area contributed by atoms with Gasteiger partial charge in [-0.3, -0.25) is 4.90 Å². The lowest BCUT2D eigenvalue weighted by atomic mass is 10.3. The van der Waals surface area contributed by atoms with Crippen molar-refractivity contribution in [1.29, 1.82) is 0 Å². The Morgan fingerprint density at radius 1 is 1.39 bits per heavy atom. The predicted octanol–water partition coefficient (Wildman–Crippen LogP) is 4.01. The monoisotopic (exact) mass is 345 g/mol. The van der Waals surface area contributed by atoms with Gasteiger partial charge in [0, 0.05) is 6.04 Å². The number of aromatic nitrogens is 4. The van der Waals surface area contributed by atoms with Crippen LogP contribution in [-0.2, 0) is 6.67 Å². The summed E-state index contributed by atoms with van der Waals surface area (Å²) in [6, 6.07) is 9.07. The molecule has 0 aliphatic heterocycles. The summed E-state index contributed by atoms with van der Waals surface area (Å²) >= 11 is 7.29. The molecule has 3 aromatic rings. The van der Waals surface area contributed by atoms with Crippen LogP contribution in [0.3, 0.4) is 0 Å². The van der Waals surface area contributed by atoms with Crippen LogP contribution in [0.5, 0.6) is 0 Å².